The molecule has 2 rings (SSSR count). The maximum absolute atomic E-state index is 11.1. The Kier molecular flexibility index (Phi) is 3.04. The number of azo groups is 1. The van der Waals surface area contributed by atoms with Crippen LogP contribution in [-0.4, -0.2) is 51.9 Å². The maximum Gasteiger partial charge on any atom is 0.152 e. The molecule has 0 saturated carbocycles. The first-order valence-corrected chi connectivity index (χ1v) is 8.81. The van der Waals surface area contributed by atoms with Gasteiger partial charge in [-0.3, -0.25) is 0 Å². The summed E-state index contributed by atoms with van der Waals surface area (Å²) in [4.78, 5) is 0. The lowest BCUT2D eigenvalue weighted by Crippen LogP contribution is -2.10. The molecule has 2 aliphatic heterocycles. The molecule has 0 N–H and O–H groups in total. The molecule has 0 aromatic rings. The van der Waals surface area contributed by atoms with Crippen LogP contribution in [-0.2, 0) is 19.7 Å². The van der Waals surface area contributed by atoms with E-state index >= 15 is 0 Å². The molecule has 0 aromatic carbocycles. The summed E-state index contributed by atoms with van der Waals surface area (Å²) in [6, 6.07) is -0.540. The average molecular weight is 266 g/mol. The van der Waals surface area contributed by atoms with Gasteiger partial charge in [-0.1, -0.05) is 0 Å². The van der Waals surface area contributed by atoms with E-state index in [0.29, 0.717) is 12.8 Å². The normalized spacial score (nSPS) is 37.0. The van der Waals surface area contributed by atoms with E-state index in [2.05, 4.69) is 10.2 Å². The predicted molar refractivity (Wildman–Crippen MR) is 59.0 cm³/mol. The number of rotatable bonds is 2. The van der Waals surface area contributed by atoms with E-state index in [-0.39, 0.29) is 35.1 Å². The molecular weight excluding hydrogens is 252 g/mol. The summed E-state index contributed by atoms with van der Waals surface area (Å²) in [6.45, 7) is 0. The van der Waals surface area contributed by atoms with Gasteiger partial charge in [-0.25, -0.2) is 16.8 Å². The third-order valence-corrected chi connectivity index (χ3v) is 6.31. The molecule has 2 fully saturated rings. The van der Waals surface area contributed by atoms with E-state index in [9.17, 15) is 16.8 Å². The largest absolute Gasteiger partial charge is 0.229 e. The molecule has 0 aliphatic carbocycles. The molecule has 0 amide bonds. The standard InChI is InChI=1S/C8H14N2O4S2/c11-15(12)3-1-7(5-15)9-10-8-2-4-16(13,14)6-8/h7-8H,1-6H2. The Hall–Kier alpha value is -0.500. The van der Waals surface area contributed by atoms with Gasteiger partial charge in [0.2, 0.25) is 0 Å². The van der Waals surface area contributed by atoms with Gasteiger partial charge in [0.25, 0.3) is 0 Å². The Labute approximate surface area is 95.0 Å². The summed E-state index contributed by atoms with van der Waals surface area (Å²) < 4.78 is 44.6. The molecule has 2 aliphatic rings. The molecule has 16 heavy (non-hydrogen) atoms. The van der Waals surface area contributed by atoms with Gasteiger partial charge < -0.3 is 0 Å². The van der Waals surface area contributed by atoms with E-state index in [1.54, 1.807) is 0 Å². The highest BCUT2D eigenvalue weighted by Gasteiger charge is 2.30. The van der Waals surface area contributed by atoms with Crippen molar-refractivity contribution in [1.29, 1.82) is 0 Å². The van der Waals surface area contributed by atoms with E-state index in [0.717, 1.165) is 0 Å². The average Bonchev–Trinajstić information content (AvgIpc) is 2.66. The van der Waals surface area contributed by atoms with Crippen molar-refractivity contribution in [3.05, 3.63) is 0 Å². The fourth-order valence-electron chi connectivity index (χ4n) is 1.92. The van der Waals surface area contributed by atoms with E-state index < -0.39 is 19.7 Å². The topological polar surface area (TPSA) is 93.0 Å². The van der Waals surface area contributed by atoms with Gasteiger partial charge in [-0.2, -0.15) is 10.2 Å². The molecule has 92 valence electrons. The van der Waals surface area contributed by atoms with Crippen molar-refractivity contribution in [2.75, 3.05) is 23.0 Å². The molecule has 0 bridgehead atoms. The number of sulfone groups is 2. The minimum atomic E-state index is -2.94. The van der Waals surface area contributed by atoms with Crippen molar-refractivity contribution in [2.24, 2.45) is 10.2 Å². The predicted octanol–water partition coefficient (Wildman–Crippen LogP) is -0.187. The summed E-state index contributed by atoms with van der Waals surface area (Å²) in [6.07, 6.45) is 1.01. The molecule has 0 aromatic heterocycles. The molecule has 6 nitrogen and oxygen atoms in total. The fourth-order valence-corrected chi connectivity index (χ4v) is 5.16. The van der Waals surface area contributed by atoms with Crippen molar-refractivity contribution >= 4 is 19.7 Å². The second-order valence-corrected chi connectivity index (χ2v) is 8.80. The molecule has 2 heterocycles. The molecule has 2 atom stereocenters. The Morgan fingerprint density at radius 1 is 0.750 bits per heavy atom. The Morgan fingerprint density at radius 3 is 1.38 bits per heavy atom. The van der Waals surface area contributed by atoms with Gasteiger partial charge >= 0.3 is 0 Å². The lowest BCUT2D eigenvalue weighted by molar-refractivity contribution is 0.595. The Balaban J connectivity index is 1.92. The van der Waals surface area contributed by atoms with Crippen molar-refractivity contribution in [3.63, 3.8) is 0 Å². The van der Waals surface area contributed by atoms with Crippen LogP contribution in [0.4, 0.5) is 0 Å². The van der Waals surface area contributed by atoms with Crippen LogP contribution >= 0.6 is 0 Å². The first kappa shape index (κ1) is 12.0. The van der Waals surface area contributed by atoms with E-state index in [1.807, 2.05) is 0 Å². The molecule has 8 heteroatoms. The first-order valence-electron chi connectivity index (χ1n) is 5.17. The van der Waals surface area contributed by atoms with Gasteiger partial charge in [0, 0.05) is 0 Å². The van der Waals surface area contributed by atoms with Crippen LogP contribution in [0.3, 0.4) is 0 Å². The minimum Gasteiger partial charge on any atom is -0.229 e. The van der Waals surface area contributed by atoms with Gasteiger partial charge in [0.05, 0.1) is 35.1 Å². The third-order valence-electron chi connectivity index (χ3n) is 2.81. The molecule has 0 spiro atoms. The fraction of sp³-hybridized carbons (Fsp3) is 1.00. The second kappa shape index (κ2) is 4.06. The highest BCUT2D eigenvalue weighted by Crippen LogP contribution is 2.19. The molecular formula is C8H14N2O4S2. The van der Waals surface area contributed by atoms with Crippen LogP contribution < -0.4 is 0 Å². The number of hydrogen-bond donors (Lipinski definition) is 0. The van der Waals surface area contributed by atoms with Crippen molar-refractivity contribution < 1.29 is 16.8 Å². The van der Waals surface area contributed by atoms with E-state index in [1.165, 1.54) is 0 Å². The van der Waals surface area contributed by atoms with Crippen molar-refractivity contribution in [2.45, 2.75) is 24.9 Å². The monoisotopic (exact) mass is 266 g/mol. The van der Waals surface area contributed by atoms with Gasteiger partial charge in [-0.05, 0) is 12.8 Å². The smallest absolute Gasteiger partial charge is 0.152 e. The van der Waals surface area contributed by atoms with Crippen LogP contribution in [0.15, 0.2) is 10.2 Å². The molecule has 2 saturated heterocycles. The zero-order valence-corrected chi connectivity index (χ0v) is 10.4. The van der Waals surface area contributed by atoms with Crippen LogP contribution in [0, 0.1) is 0 Å². The zero-order valence-electron chi connectivity index (χ0n) is 8.74. The Morgan fingerprint density at radius 2 is 1.12 bits per heavy atom. The zero-order chi connectivity index (χ0) is 11.8. The summed E-state index contributed by atoms with van der Waals surface area (Å²) >= 11 is 0. The third kappa shape index (κ3) is 3.00. The maximum atomic E-state index is 11.1. The van der Waals surface area contributed by atoms with Crippen molar-refractivity contribution in [3.8, 4) is 0 Å². The Bertz CT molecular complexity index is 448. The minimum absolute atomic E-state index is 0.0516. The molecule has 0 radical (unpaired) electrons. The van der Waals surface area contributed by atoms with Crippen molar-refractivity contribution in [1.82, 2.24) is 0 Å². The van der Waals surface area contributed by atoms with Crippen LogP contribution in [0.5, 0.6) is 0 Å². The number of hydrogen-bond acceptors (Lipinski definition) is 6. The summed E-state index contributed by atoms with van der Waals surface area (Å²) in [7, 11) is -5.87. The first-order chi connectivity index (χ1) is 7.36. The number of nitrogens with zero attached hydrogens (tertiary/aromatic N) is 2. The lowest BCUT2D eigenvalue weighted by atomic mass is 10.3. The summed E-state index contributed by atoms with van der Waals surface area (Å²) in [5.74, 6) is 0.436. The summed E-state index contributed by atoms with van der Waals surface area (Å²) in [5, 5.41) is 7.90. The highest BCUT2D eigenvalue weighted by atomic mass is 32.2. The summed E-state index contributed by atoms with van der Waals surface area (Å²) in [5.41, 5.74) is 0. The van der Waals surface area contributed by atoms with Gasteiger partial charge in [-0.15, -0.1) is 0 Å². The lowest BCUT2D eigenvalue weighted by Gasteiger charge is -2.01. The van der Waals surface area contributed by atoms with Gasteiger partial charge in [0.1, 0.15) is 0 Å². The quantitative estimate of drug-likeness (QED) is 0.648. The van der Waals surface area contributed by atoms with Crippen LogP contribution in [0.1, 0.15) is 12.8 Å². The van der Waals surface area contributed by atoms with Crippen LogP contribution in [0.25, 0.3) is 0 Å². The van der Waals surface area contributed by atoms with Gasteiger partial charge in [0.15, 0.2) is 19.7 Å². The highest BCUT2D eigenvalue weighted by molar-refractivity contribution is 7.91. The second-order valence-electron chi connectivity index (χ2n) is 4.34. The van der Waals surface area contributed by atoms with Crippen LogP contribution in [0.2, 0.25) is 0 Å². The molecule has 2 unspecified atom stereocenters. The van der Waals surface area contributed by atoms with E-state index in [4.69, 9.17) is 0 Å². The SMILES string of the molecule is O=S1(=O)CCC(N=NC2CCS(=O)(=O)C2)C1.